The van der Waals surface area contributed by atoms with E-state index in [1.165, 1.54) is 6.42 Å². The molecule has 0 atom stereocenters. The largest absolute Gasteiger partial charge is 0.369 e. The third-order valence-corrected chi connectivity index (χ3v) is 8.28. The fourth-order valence-electron chi connectivity index (χ4n) is 6.31. The first kappa shape index (κ1) is 24.7. The molecule has 0 radical (unpaired) electrons. The van der Waals surface area contributed by atoms with Crippen molar-refractivity contribution in [2.75, 3.05) is 18.0 Å². The van der Waals surface area contributed by atoms with Crippen LogP contribution in [0.4, 0.5) is 5.69 Å². The van der Waals surface area contributed by atoms with Gasteiger partial charge in [-0.2, -0.15) is 10.5 Å². The molecule has 1 aliphatic heterocycles. The maximum Gasteiger partial charge on any atom is 0.104 e. The highest BCUT2D eigenvalue weighted by molar-refractivity contribution is 6.11. The van der Waals surface area contributed by atoms with Gasteiger partial charge in [0.15, 0.2) is 0 Å². The molecule has 4 nitrogen and oxygen atoms in total. The fourth-order valence-corrected chi connectivity index (χ4v) is 6.31. The van der Waals surface area contributed by atoms with Gasteiger partial charge in [0.05, 0.1) is 28.0 Å². The molecule has 0 spiro atoms. The van der Waals surface area contributed by atoms with E-state index < -0.39 is 0 Å². The lowest BCUT2D eigenvalue weighted by Gasteiger charge is -2.31. The molecule has 196 valence electrons. The molecule has 4 heteroatoms. The van der Waals surface area contributed by atoms with Gasteiger partial charge in [-0.05, 0) is 65.8 Å². The van der Waals surface area contributed by atoms with E-state index in [1.807, 2.05) is 24.3 Å². The van der Waals surface area contributed by atoms with Crippen LogP contribution in [0.3, 0.4) is 0 Å². The minimum absolute atomic E-state index is 0.556. The number of piperidine rings is 1. The Balaban J connectivity index is 1.56. The van der Waals surface area contributed by atoms with Crippen molar-refractivity contribution in [3.05, 3.63) is 120 Å². The van der Waals surface area contributed by atoms with Gasteiger partial charge in [-0.15, -0.1) is 0 Å². The van der Waals surface area contributed by atoms with Crippen molar-refractivity contribution < 1.29 is 0 Å². The van der Waals surface area contributed by atoms with Crippen molar-refractivity contribution in [2.24, 2.45) is 0 Å². The number of hydrogen-bond acceptors (Lipinski definition) is 3. The minimum Gasteiger partial charge on any atom is -0.369 e. The van der Waals surface area contributed by atoms with Gasteiger partial charge < -0.3 is 9.47 Å². The van der Waals surface area contributed by atoms with Crippen molar-refractivity contribution >= 4 is 27.5 Å². The van der Waals surface area contributed by atoms with Crippen LogP contribution < -0.4 is 4.90 Å². The summed E-state index contributed by atoms with van der Waals surface area (Å²) >= 11 is 0. The third-order valence-electron chi connectivity index (χ3n) is 8.28. The van der Waals surface area contributed by atoms with Crippen LogP contribution in [0.25, 0.3) is 49.7 Å². The standard InChI is InChI=1S/C37H28N4/c38-24-30-16-19-34(33(25-39)37(30)40-20-8-3-9-21-40)41-35-22-28(26-10-4-1-5-11-26)14-17-31(35)32-18-15-29(23-36(32)41)27-12-6-2-7-13-27/h1-2,4-7,10-19,22-23H,3,8-9,20-21H2. The maximum atomic E-state index is 10.7. The Kier molecular flexibility index (Phi) is 6.23. The van der Waals surface area contributed by atoms with Gasteiger partial charge in [0.25, 0.3) is 0 Å². The van der Waals surface area contributed by atoms with Crippen LogP contribution in [0.1, 0.15) is 30.4 Å². The first-order valence-corrected chi connectivity index (χ1v) is 14.2. The predicted octanol–water partition coefficient (Wildman–Crippen LogP) is 8.85. The first-order chi connectivity index (χ1) is 20.3. The highest BCUT2D eigenvalue weighted by Crippen LogP contribution is 2.40. The predicted molar refractivity (Wildman–Crippen MR) is 167 cm³/mol. The SMILES string of the molecule is N#Cc1ccc(-n2c3cc(-c4ccccc4)ccc3c3ccc(-c4ccccc4)cc32)c(C#N)c1N1CCCCC1. The molecule has 0 aliphatic carbocycles. The van der Waals surface area contributed by atoms with E-state index in [-0.39, 0.29) is 0 Å². The Morgan fingerprint density at radius 2 is 1.10 bits per heavy atom. The number of fused-ring (bicyclic) bond motifs is 3. The first-order valence-electron chi connectivity index (χ1n) is 14.2. The van der Waals surface area contributed by atoms with Gasteiger partial charge in [-0.25, -0.2) is 0 Å². The van der Waals surface area contributed by atoms with Crippen molar-refractivity contribution in [1.29, 1.82) is 10.5 Å². The van der Waals surface area contributed by atoms with E-state index in [0.29, 0.717) is 11.1 Å². The molecular weight excluding hydrogens is 500 g/mol. The summed E-state index contributed by atoms with van der Waals surface area (Å²) in [6.45, 7) is 1.71. The second-order valence-corrected chi connectivity index (χ2v) is 10.7. The van der Waals surface area contributed by atoms with Gasteiger partial charge >= 0.3 is 0 Å². The van der Waals surface area contributed by atoms with E-state index in [0.717, 1.165) is 81.4 Å². The zero-order chi connectivity index (χ0) is 27.8. The van der Waals surface area contributed by atoms with E-state index in [1.54, 1.807) is 0 Å². The molecule has 5 aromatic carbocycles. The van der Waals surface area contributed by atoms with Gasteiger partial charge in [-0.1, -0.05) is 84.9 Å². The Morgan fingerprint density at radius 1 is 0.537 bits per heavy atom. The summed E-state index contributed by atoms with van der Waals surface area (Å²) < 4.78 is 2.23. The maximum absolute atomic E-state index is 10.7. The van der Waals surface area contributed by atoms with Crippen LogP contribution in [0.2, 0.25) is 0 Å². The summed E-state index contributed by atoms with van der Waals surface area (Å²) in [5.74, 6) is 0. The Labute approximate surface area is 239 Å². The molecule has 0 N–H and O–H groups in total. The summed E-state index contributed by atoms with van der Waals surface area (Å²) in [5, 5.41) is 23.0. The summed E-state index contributed by atoms with van der Waals surface area (Å²) in [6, 6.07) is 42.7. The molecule has 6 aromatic rings. The van der Waals surface area contributed by atoms with Crippen LogP contribution >= 0.6 is 0 Å². The molecule has 41 heavy (non-hydrogen) atoms. The summed E-state index contributed by atoms with van der Waals surface area (Å²) in [6.07, 6.45) is 3.31. The molecule has 1 aliphatic rings. The Morgan fingerprint density at radius 3 is 1.61 bits per heavy atom. The lowest BCUT2D eigenvalue weighted by molar-refractivity contribution is 0.577. The van der Waals surface area contributed by atoms with Crippen molar-refractivity contribution in [3.8, 4) is 40.1 Å². The number of nitriles is 2. The number of anilines is 1. The van der Waals surface area contributed by atoms with Gasteiger partial charge in [0.2, 0.25) is 0 Å². The zero-order valence-corrected chi connectivity index (χ0v) is 22.7. The fraction of sp³-hybridized carbons (Fsp3) is 0.135. The van der Waals surface area contributed by atoms with Crippen LogP contribution in [-0.2, 0) is 0 Å². The molecule has 0 saturated carbocycles. The van der Waals surface area contributed by atoms with Gasteiger partial charge in [0, 0.05) is 23.9 Å². The smallest absolute Gasteiger partial charge is 0.104 e. The molecule has 1 aromatic heterocycles. The molecule has 1 fully saturated rings. The lowest BCUT2D eigenvalue weighted by Crippen LogP contribution is -2.31. The highest BCUT2D eigenvalue weighted by Gasteiger charge is 2.24. The zero-order valence-electron chi connectivity index (χ0n) is 22.7. The van der Waals surface area contributed by atoms with Crippen molar-refractivity contribution in [1.82, 2.24) is 4.57 Å². The molecule has 0 amide bonds. The summed E-state index contributed by atoms with van der Waals surface area (Å²) in [5.41, 5.74) is 9.29. The van der Waals surface area contributed by atoms with Gasteiger partial charge in [0.1, 0.15) is 17.7 Å². The quantitative estimate of drug-likeness (QED) is 0.230. The summed E-state index contributed by atoms with van der Waals surface area (Å²) in [7, 11) is 0. The van der Waals surface area contributed by atoms with E-state index >= 15 is 0 Å². The normalized spacial score (nSPS) is 13.3. The Bertz CT molecular complexity index is 1890. The number of hydrogen-bond donors (Lipinski definition) is 0. The second-order valence-electron chi connectivity index (χ2n) is 10.7. The molecule has 0 bridgehead atoms. The molecule has 0 unspecified atom stereocenters. The van der Waals surface area contributed by atoms with Crippen LogP contribution in [-0.4, -0.2) is 17.7 Å². The van der Waals surface area contributed by atoms with Crippen LogP contribution in [0.5, 0.6) is 0 Å². The topological polar surface area (TPSA) is 55.8 Å². The van der Waals surface area contributed by atoms with E-state index in [4.69, 9.17) is 0 Å². The number of aromatic nitrogens is 1. The average Bonchev–Trinajstić information content (AvgIpc) is 3.38. The third kappa shape index (κ3) is 4.22. The second kappa shape index (κ2) is 10.3. The van der Waals surface area contributed by atoms with Gasteiger partial charge in [-0.3, -0.25) is 0 Å². The van der Waals surface area contributed by atoms with E-state index in [9.17, 15) is 10.5 Å². The monoisotopic (exact) mass is 528 g/mol. The summed E-state index contributed by atoms with van der Waals surface area (Å²) in [4.78, 5) is 2.24. The molecule has 1 saturated heterocycles. The van der Waals surface area contributed by atoms with Crippen LogP contribution in [0.15, 0.2) is 109 Å². The van der Waals surface area contributed by atoms with Crippen LogP contribution in [0, 0.1) is 22.7 Å². The average molecular weight is 529 g/mol. The minimum atomic E-state index is 0.556. The number of nitrogens with zero attached hydrogens (tertiary/aromatic N) is 4. The lowest BCUT2D eigenvalue weighted by atomic mass is 10.0. The van der Waals surface area contributed by atoms with E-state index in [2.05, 4.69) is 107 Å². The molecule has 2 heterocycles. The Hall–Kier alpha value is -5.32. The molecule has 7 rings (SSSR count). The highest BCUT2D eigenvalue weighted by atomic mass is 15.1. The molecular formula is C37H28N4. The van der Waals surface area contributed by atoms with Crippen molar-refractivity contribution in [3.63, 3.8) is 0 Å². The van der Waals surface area contributed by atoms with Crippen molar-refractivity contribution in [2.45, 2.75) is 19.3 Å². The number of benzene rings is 5. The number of rotatable bonds is 4.